The molecule has 138 valence electrons. The van der Waals surface area contributed by atoms with E-state index in [0.717, 1.165) is 25.4 Å². The fourth-order valence-corrected chi connectivity index (χ4v) is 4.99. The third kappa shape index (κ3) is 3.23. The second kappa shape index (κ2) is 7.98. The van der Waals surface area contributed by atoms with Gasteiger partial charge in [-0.15, -0.1) is 12.4 Å². The topological polar surface area (TPSA) is 3.24 Å². The van der Waals surface area contributed by atoms with Crippen molar-refractivity contribution in [2.24, 2.45) is 5.92 Å². The largest absolute Gasteiger partial charge is 0.304 e. The van der Waals surface area contributed by atoms with E-state index >= 15 is 0 Å². The Hall–Kier alpha value is -1.57. The highest BCUT2D eigenvalue weighted by Gasteiger charge is 2.35. The van der Waals surface area contributed by atoms with E-state index in [4.69, 9.17) is 0 Å². The Bertz CT molecular complexity index is 791. The van der Waals surface area contributed by atoms with Crippen LogP contribution in [-0.2, 0) is 12.8 Å². The van der Waals surface area contributed by atoms with Crippen LogP contribution in [-0.4, -0.2) is 24.5 Å². The van der Waals surface area contributed by atoms with Gasteiger partial charge in [0.1, 0.15) is 0 Å². The van der Waals surface area contributed by atoms with Gasteiger partial charge in [0.25, 0.3) is 0 Å². The number of fused-ring (bicyclic) bond motifs is 1. The minimum atomic E-state index is 0. The first-order valence-corrected chi connectivity index (χ1v) is 9.84. The summed E-state index contributed by atoms with van der Waals surface area (Å²) in [6.45, 7) is 12.6. The molecule has 0 heterocycles. The number of aryl methyl sites for hydroxylation is 1. The summed E-state index contributed by atoms with van der Waals surface area (Å²) in [6.07, 6.45) is 3.69. The van der Waals surface area contributed by atoms with Crippen LogP contribution in [0.4, 0.5) is 0 Å². The van der Waals surface area contributed by atoms with Gasteiger partial charge in [-0.25, -0.2) is 0 Å². The molecule has 0 aliphatic heterocycles. The van der Waals surface area contributed by atoms with Gasteiger partial charge < -0.3 is 4.90 Å². The Morgan fingerprint density at radius 3 is 2.42 bits per heavy atom. The van der Waals surface area contributed by atoms with Crippen LogP contribution in [0.1, 0.15) is 54.0 Å². The Morgan fingerprint density at radius 1 is 0.962 bits per heavy atom. The predicted octanol–water partition coefficient (Wildman–Crippen LogP) is 5.71. The molecule has 2 unspecified atom stereocenters. The maximum absolute atomic E-state index is 4.50. The molecule has 0 amide bonds. The summed E-state index contributed by atoms with van der Waals surface area (Å²) < 4.78 is 0. The van der Waals surface area contributed by atoms with Crippen LogP contribution in [0.5, 0.6) is 0 Å². The van der Waals surface area contributed by atoms with Crippen molar-refractivity contribution in [3.8, 4) is 0 Å². The van der Waals surface area contributed by atoms with E-state index in [2.05, 4.69) is 67.8 Å². The monoisotopic (exact) mass is 367 g/mol. The summed E-state index contributed by atoms with van der Waals surface area (Å²) in [5.41, 5.74) is 8.62. The molecule has 26 heavy (non-hydrogen) atoms. The van der Waals surface area contributed by atoms with Gasteiger partial charge in [-0.3, -0.25) is 0 Å². The SMILES string of the molecule is C=C1c2ccccc2CC2c3c(cccc31)CCC2CN(CC)CC.Cl. The van der Waals surface area contributed by atoms with Gasteiger partial charge >= 0.3 is 0 Å². The zero-order valence-corrected chi connectivity index (χ0v) is 16.8. The number of halogens is 1. The minimum absolute atomic E-state index is 0. The first kappa shape index (κ1) is 19.2. The van der Waals surface area contributed by atoms with Crippen LogP contribution >= 0.6 is 12.4 Å². The van der Waals surface area contributed by atoms with Crippen molar-refractivity contribution in [1.29, 1.82) is 0 Å². The molecule has 2 aromatic rings. The lowest BCUT2D eigenvalue weighted by Crippen LogP contribution is -2.35. The molecule has 1 nitrogen and oxygen atoms in total. The number of benzene rings is 2. The lowest BCUT2D eigenvalue weighted by Gasteiger charge is -2.37. The van der Waals surface area contributed by atoms with Crippen LogP contribution in [0.15, 0.2) is 49.0 Å². The number of nitrogens with zero attached hydrogens (tertiary/aromatic N) is 1. The molecule has 0 bridgehead atoms. The van der Waals surface area contributed by atoms with Crippen molar-refractivity contribution < 1.29 is 0 Å². The number of rotatable bonds is 4. The summed E-state index contributed by atoms with van der Waals surface area (Å²) >= 11 is 0. The molecule has 0 saturated heterocycles. The van der Waals surface area contributed by atoms with Crippen LogP contribution in [0.2, 0.25) is 0 Å². The predicted molar refractivity (Wildman–Crippen MR) is 114 cm³/mol. The van der Waals surface area contributed by atoms with Crippen LogP contribution in [0, 0.1) is 5.92 Å². The number of hydrogen-bond donors (Lipinski definition) is 0. The summed E-state index contributed by atoms with van der Waals surface area (Å²) in [5, 5.41) is 0. The van der Waals surface area contributed by atoms with Crippen molar-refractivity contribution >= 4 is 18.0 Å². The van der Waals surface area contributed by atoms with Gasteiger partial charge in [0.15, 0.2) is 0 Å². The molecular formula is C24H30ClN. The van der Waals surface area contributed by atoms with Gasteiger partial charge in [0, 0.05) is 6.54 Å². The lowest BCUT2D eigenvalue weighted by molar-refractivity contribution is 0.215. The van der Waals surface area contributed by atoms with Crippen molar-refractivity contribution in [3.05, 3.63) is 76.9 Å². The molecule has 0 radical (unpaired) electrons. The maximum Gasteiger partial charge on any atom is 0.00155 e. The van der Waals surface area contributed by atoms with E-state index in [1.165, 1.54) is 41.6 Å². The normalized spacial score (nSPS) is 20.8. The Kier molecular flexibility index (Phi) is 5.89. The summed E-state index contributed by atoms with van der Waals surface area (Å²) in [4.78, 5) is 2.60. The van der Waals surface area contributed by atoms with Crippen molar-refractivity contribution in [2.75, 3.05) is 19.6 Å². The standard InChI is InChI=1S/C24H29N.ClH/c1-4-25(5-2)16-20-14-13-18-10-8-12-22-17(3)21-11-7-6-9-19(21)15-23(20)24(18)22;/h6-12,20,23H,3-5,13-16H2,1-2H3;1H. The van der Waals surface area contributed by atoms with Gasteiger partial charge in [-0.05, 0) is 77.6 Å². The highest BCUT2D eigenvalue weighted by Crippen LogP contribution is 2.46. The quantitative estimate of drug-likeness (QED) is 0.668. The molecule has 0 fully saturated rings. The first-order chi connectivity index (χ1) is 12.2. The zero-order valence-electron chi connectivity index (χ0n) is 16.0. The fraction of sp³-hybridized carbons (Fsp3) is 0.417. The van der Waals surface area contributed by atoms with Crippen LogP contribution in [0.3, 0.4) is 0 Å². The van der Waals surface area contributed by atoms with E-state index in [1.54, 1.807) is 11.1 Å². The first-order valence-electron chi connectivity index (χ1n) is 9.84. The third-order valence-corrected chi connectivity index (χ3v) is 6.42. The zero-order chi connectivity index (χ0) is 17.4. The van der Waals surface area contributed by atoms with E-state index in [1.807, 2.05) is 0 Å². The molecule has 2 heteroatoms. The van der Waals surface area contributed by atoms with E-state index in [0.29, 0.717) is 5.92 Å². The van der Waals surface area contributed by atoms with Crippen LogP contribution in [0.25, 0.3) is 5.57 Å². The Labute approximate surface area is 164 Å². The molecule has 0 aromatic heterocycles. The average molecular weight is 368 g/mol. The third-order valence-electron chi connectivity index (χ3n) is 6.42. The lowest BCUT2D eigenvalue weighted by atomic mass is 9.71. The van der Waals surface area contributed by atoms with Gasteiger partial charge in [-0.2, -0.15) is 0 Å². The van der Waals surface area contributed by atoms with Gasteiger partial charge in [0.05, 0.1) is 0 Å². The van der Waals surface area contributed by atoms with Gasteiger partial charge in [0.2, 0.25) is 0 Å². The molecule has 2 aliphatic carbocycles. The molecular weight excluding hydrogens is 338 g/mol. The molecule has 0 N–H and O–H groups in total. The molecule has 4 rings (SSSR count). The Balaban J connectivity index is 0.00000196. The highest BCUT2D eigenvalue weighted by atomic mass is 35.5. The second-order valence-electron chi connectivity index (χ2n) is 7.61. The van der Waals surface area contributed by atoms with Crippen molar-refractivity contribution in [1.82, 2.24) is 4.90 Å². The second-order valence-corrected chi connectivity index (χ2v) is 7.61. The van der Waals surface area contributed by atoms with Crippen LogP contribution < -0.4 is 0 Å². The highest BCUT2D eigenvalue weighted by molar-refractivity contribution is 5.85. The Morgan fingerprint density at radius 2 is 1.65 bits per heavy atom. The van der Waals surface area contributed by atoms with Crippen molar-refractivity contribution in [2.45, 2.75) is 39.0 Å². The maximum atomic E-state index is 4.50. The van der Waals surface area contributed by atoms with E-state index in [-0.39, 0.29) is 12.4 Å². The minimum Gasteiger partial charge on any atom is -0.304 e. The molecule has 0 spiro atoms. The summed E-state index contributed by atoms with van der Waals surface area (Å²) in [5.74, 6) is 1.37. The molecule has 2 aliphatic rings. The molecule has 0 saturated carbocycles. The average Bonchev–Trinajstić information content (AvgIpc) is 2.78. The molecule has 2 atom stereocenters. The summed E-state index contributed by atoms with van der Waals surface area (Å²) in [6, 6.07) is 15.8. The van der Waals surface area contributed by atoms with E-state index in [9.17, 15) is 0 Å². The van der Waals surface area contributed by atoms with E-state index < -0.39 is 0 Å². The number of hydrogen-bond acceptors (Lipinski definition) is 1. The molecule has 2 aromatic carbocycles. The van der Waals surface area contributed by atoms with Crippen molar-refractivity contribution in [3.63, 3.8) is 0 Å². The smallest absolute Gasteiger partial charge is 0.00155 e. The summed E-state index contributed by atoms with van der Waals surface area (Å²) in [7, 11) is 0. The van der Waals surface area contributed by atoms with Gasteiger partial charge in [-0.1, -0.05) is 62.9 Å². The fourth-order valence-electron chi connectivity index (χ4n) is 4.99.